The van der Waals surface area contributed by atoms with Gasteiger partial charge in [-0.05, 0) is 72.9 Å². The predicted octanol–water partition coefficient (Wildman–Crippen LogP) is 3.96. The van der Waals surface area contributed by atoms with Crippen LogP contribution in [-0.4, -0.2) is 21.9 Å². The number of anilines is 2. The summed E-state index contributed by atoms with van der Waals surface area (Å²) in [6, 6.07) is 12.6. The Labute approximate surface area is 168 Å². The van der Waals surface area contributed by atoms with Crippen molar-refractivity contribution in [2.45, 2.75) is 19.8 Å². The summed E-state index contributed by atoms with van der Waals surface area (Å²) in [5.41, 5.74) is 10.5. The highest BCUT2D eigenvalue weighted by atomic mass is 16.2. The maximum atomic E-state index is 12.0. The summed E-state index contributed by atoms with van der Waals surface area (Å²) in [7, 11) is 0. The Morgan fingerprint density at radius 1 is 0.966 bits per heavy atom. The molecular weight excluding hydrogens is 366 g/mol. The summed E-state index contributed by atoms with van der Waals surface area (Å²) in [6.07, 6.45) is 5.28. The molecule has 2 heterocycles. The van der Waals surface area contributed by atoms with E-state index >= 15 is 0 Å². The van der Waals surface area contributed by atoms with Crippen molar-refractivity contribution in [1.82, 2.24) is 9.97 Å². The number of benzene rings is 1. The number of nitrogens with zero attached hydrogens (tertiary/aromatic N) is 2. The maximum Gasteiger partial charge on any atom is 0.316 e. The fourth-order valence-corrected chi connectivity index (χ4v) is 3.14. The Balaban J connectivity index is 1.64. The molecule has 1 aliphatic carbocycles. The van der Waals surface area contributed by atoms with Gasteiger partial charge in [-0.15, -0.1) is 0 Å². The van der Waals surface area contributed by atoms with E-state index in [1.807, 2.05) is 49.4 Å². The first-order valence-corrected chi connectivity index (χ1v) is 9.40. The fraction of sp³-hybridized carbons (Fsp3) is 0.182. The number of aromatic nitrogens is 2. The van der Waals surface area contributed by atoms with Gasteiger partial charge in [0.05, 0.1) is 5.69 Å². The van der Waals surface area contributed by atoms with Gasteiger partial charge in [0.25, 0.3) is 0 Å². The summed E-state index contributed by atoms with van der Waals surface area (Å²) in [4.78, 5) is 31.9. The van der Waals surface area contributed by atoms with E-state index < -0.39 is 6.03 Å². The standard InChI is InChI=1S/C22H21N5O2/c1-13-2-5-17(26-22(23)29)12-18(13)15-6-8-24-19(10-15)16-7-9-25-20(11-16)27-21(28)14-3-4-14/h2,5-12,14H,3-4H2,1H3,(H3,23,26,29)(H,25,27,28). The highest BCUT2D eigenvalue weighted by Crippen LogP contribution is 2.31. The molecule has 0 saturated heterocycles. The first-order valence-electron chi connectivity index (χ1n) is 9.40. The SMILES string of the molecule is Cc1ccc(NC(N)=O)cc1-c1ccnc(-c2ccnc(NC(=O)C3CC3)c2)c1. The summed E-state index contributed by atoms with van der Waals surface area (Å²) in [6.45, 7) is 2.00. The molecule has 4 N–H and O–H groups in total. The number of nitrogens with two attached hydrogens (primary N) is 1. The van der Waals surface area contributed by atoms with Crippen LogP contribution < -0.4 is 16.4 Å². The molecule has 0 radical (unpaired) electrons. The molecule has 1 saturated carbocycles. The number of hydrogen-bond acceptors (Lipinski definition) is 4. The first kappa shape index (κ1) is 18.6. The second kappa shape index (κ2) is 7.71. The third-order valence-electron chi connectivity index (χ3n) is 4.83. The first-order chi connectivity index (χ1) is 14.0. The van der Waals surface area contributed by atoms with E-state index in [0.29, 0.717) is 11.5 Å². The summed E-state index contributed by atoms with van der Waals surface area (Å²) in [5.74, 6) is 0.660. The summed E-state index contributed by atoms with van der Waals surface area (Å²) < 4.78 is 0. The minimum Gasteiger partial charge on any atom is -0.351 e. The molecule has 2 aromatic heterocycles. The second-order valence-corrected chi connectivity index (χ2v) is 7.14. The maximum absolute atomic E-state index is 12.0. The summed E-state index contributed by atoms with van der Waals surface area (Å²) >= 11 is 0. The van der Waals surface area contributed by atoms with Crippen LogP contribution in [0.25, 0.3) is 22.4 Å². The van der Waals surface area contributed by atoms with Crippen molar-refractivity contribution >= 4 is 23.4 Å². The van der Waals surface area contributed by atoms with Crippen LogP contribution in [0, 0.1) is 12.8 Å². The van der Waals surface area contributed by atoms with Gasteiger partial charge in [0.15, 0.2) is 0 Å². The second-order valence-electron chi connectivity index (χ2n) is 7.14. The van der Waals surface area contributed by atoms with Gasteiger partial charge in [0, 0.05) is 29.6 Å². The van der Waals surface area contributed by atoms with E-state index in [-0.39, 0.29) is 11.8 Å². The van der Waals surface area contributed by atoms with Crippen molar-refractivity contribution in [3.63, 3.8) is 0 Å². The smallest absolute Gasteiger partial charge is 0.316 e. The van der Waals surface area contributed by atoms with Gasteiger partial charge in [-0.1, -0.05) is 6.07 Å². The Bertz CT molecular complexity index is 1090. The lowest BCUT2D eigenvalue weighted by Gasteiger charge is -2.11. The molecule has 7 nitrogen and oxygen atoms in total. The van der Waals surface area contributed by atoms with Crippen LogP contribution >= 0.6 is 0 Å². The van der Waals surface area contributed by atoms with Crippen LogP contribution in [0.5, 0.6) is 0 Å². The minimum atomic E-state index is -0.604. The van der Waals surface area contributed by atoms with Crippen molar-refractivity contribution in [2.24, 2.45) is 11.7 Å². The monoisotopic (exact) mass is 387 g/mol. The molecule has 3 aromatic rings. The molecule has 0 atom stereocenters. The Kier molecular flexibility index (Phi) is 4.95. The Morgan fingerprint density at radius 2 is 1.72 bits per heavy atom. The van der Waals surface area contributed by atoms with Gasteiger partial charge < -0.3 is 16.4 Å². The van der Waals surface area contributed by atoms with Gasteiger partial charge in [-0.25, -0.2) is 9.78 Å². The van der Waals surface area contributed by atoms with E-state index in [2.05, 4.69) is 20.6 Å². The van der Waals surface area contributed by atoms with Crippen LogP contribution in [0.3, 0.4) is 0 Å². The lowest BCUT2D eigenvalue weighted by Crippen LogP contribution is -2.19. The number of hydrogen-bond donors (Lipinski definition) is 3. The minimum absolute atomic E-state index is 0.0192. The number of urea groups is 1. The van der Waals surface area contributed by atoms with E-state index in [1.165, 1.54) is 0 Å². The molecule has 29 heavy (non-hydrogen) atoms. The number of aryl methyl sites for hydroxylation is 1. The van der Waals surface area contributed by atoms with Crippen LogP contribution in [0.2, 0.25) is 0 Å². The highest BCUT2D eigenvalue weighted by molar-refractivity contribution is 5.93. The molecule has 0 spiro atoms. The zero-order valence-electron chi connectivity index (χ0n) is 16.0. The average molecular weight is 387 g/mol. The van der Waals surface area contributed by atoms with Crippen molar-refractivity contribution in [3.05, 3.63) is 60.4 Å². The van der Waals surface area contributed by atoms with Crippen molar-refractivity contribution in [1.29, 1.82) is 0 Å². The molecule has 7 heteroatoms. The quantitative estimate of drug-likeness (QED) is 0.615. The van der Waals surface area contributed by atoms with Crippen molar-refractivity contribution in [3.8, 4) is 22.4 Å². The number of amides is 3. The van der Waals surface area contributed by atoms with Crippen LogP contribution in [-0.2, 0) is 4.79 Å². The molecule has 1 aromatic carbocycles. The molecule has 0 bridgehead atoms. The predicted molar refractivity (Wildman–Crippen MR) is 112 cm³/mol. The molecule has 146 valence electrons. The van der Waals surface area contributed by atoms with Crippen LogP contribution in [0.15, 0.2) is 54.9 Å². The normalized spacial score (nSPS) is 13.0. The number of nitrogens with one attached hydrogen (secondary N) is 2. The summed E-state index contributed by atoms with van der Waals surface area (Å²) in [5, 5.41) is 5.47. The van der Waals surface area contributed by atoms with Gasteiger partial charge >= 0.3 is 6.03 Å². The number of carbonyl (C=O) groups excluding carboxylic acids is 2. The highest BCUT2D eigenvalue weighted by Gasteiger charge is 2.29. The van der Waals surface area contributed by atoms with E-state index in [0.717, 1.165) is 40.8 Å². The van der Waals surface area contributed by atoms with Gasteiger partial charge in [0.2, 0.25) is 5.91 Å². The number of carbonyl (C=O) groups is 2. The molecule has 1 aliphatic rings. The molecule has 3 amide bonds. The third kappa shape index (κ3) is 4.40. The van der Waals surface area contributed by atoms with Gasteiger partial charge in [0.1, 0.15) is 5.82 Å². The largest absolute Gasteiger partial charge is 0.351 e. The van der Waals surface area contributed by atoms with Gasteiger partial charge in [-0.2, -0.15) is 0 Å². The van der Waals surface area contributed by atoms with Crippen molar-refractivity contribution in [2.75, 3.05) is 10.6 Å². The zero-order chi connectivity index (χ0) is 20.4. The molecular formula is C22H21N5O2. The Hall–Kier alpha value is -3.74. The average Bonchev–Trinajstić information content (AvgIpc) is 3.55. The van der Waals surface area contributed by atoms with Crippen molar-refractivity contribution < 1.29 is 9.59 Å². The van der Waals surface area contributed by atoms with Gasteiger partial charge in [-0.3, -0.25) is 9.78 Å². The lowest BCUT2D eigenvalue weighted by molar-refractivity contribution is -0.117. The molecule has 4 rings (SSSR count). The molecule has 0 unspecified atom stereocenters. The topological polar surface area (TPSA) is 110 Å². The Morgan fingerprint density at radius 3 is 2.48 bits per heavy atom. The lowest BCUT2D eigenvalue weighted by atomic mass is 9.99. The molecule has 0 aliphatic heterocycles. The molecule has 1 fully saturated rings. The number of primary amides is 1. The van der Waals surface area contributed by atoms with Crippen LogP contribution in [0.1, 0.15) is 18.4 Å². The van der Waals surface area contributed by atoms with E-state index in [4.69, 9.17) is 5.73 Å². The van der Waals surface area contributed by atoms with E-state index in [9.17, 15) is 9.59 Å². The number of pyridine rings is 2. The van der Waals surface area contributed by atoms with E-state index in [1.54, 1.807) is 12.4 Å². The van der Waals surface area contributed by atoms with Crippen LogP contribution in [0.4, 0.5) is 16.3 Å². The number of rotatable bonds is 5. The zero-order valence-corrected chi connectivity index (χ0v) is 16.0. The third-order valence-corrected chi connectivity index (χ3v) is 4.83. The fourth-order valence-electron chi connectivity index (χ4n) is 3.14.